The highest BCUT2D eigenvalue weighted by atomic mass is 19.1. The molecule has 0 heterocycles. The lowest BCUT2D eigenvalue weighted by molar-refractivity contribution is -0.116. The minimum Gasteiger partial charge on any atom is -0.366 e. The average molecular weight is 267 g/mol. The van der Waals surface area contributed by atoms with Gasteiger partial charge in [0.1, 0.15) is 5.82 Å². The van der Waals surface area contributed by atoms with Gasteiger partial charge in [-0.05, 0) is 31.7 Å². The summed E-state index contributed by atoms with van der Waals surface area (Å²) < 4.78 is 13.2. The van der Waals surface area contributed by atoms with E-state index in [-0.39, 0.29) is 23.9 Å². The Balaban J connectivity index is 2.69. The fourth-order valence-corrected chi connectivity index (χ4v) is 1.70. The van der Waals surface area contributed by atoms with Gasteiger partial charge in [0.05, 0.1) is 5.56 Å². The van der Waals surface area contributed by atoms with Gasteiger partial charge in [-0.2, -0.15) is 0 Å². The molecule has 1 atom stereocenters. The lowest BCUT2D eigenvalue weighted by atomic mass is 10.1. The van der Waals surface area contributed by atoms with Crippen LogP contribution in [0.2, 0.25) is 0 Å². The lowest BCUT2D eigenvalue weighted by Gasteiger charge is -2.12. The Labute approximate surface area is 111 Å². The molecule has 19 heavy (non-hydrogen) atoms. The van der Waals surface area contributed by atoms with Crippen molar-refractivity contribution < 1.29 is 14.0 Å². The van der Waals surface area contributed by atoms with E-state index in [4.69, 9.17) is 5.73 Å². The summed E-state index contributed by atoms with van der Waals surface area (Å²) in [5, 5.41) is 5.71. The van der Waals surface area contributed by atoms with Crippen molar-refractivity contribution in [3.8, 4) is 0 Å². The summed E-state index contributed by atoms with van der Waals surface area (Å²) in [7, 11) is 0. The number of hydrogen-bond acceptors (Lipinski definition) is 3. The standard InChI is InChI=1S/C13H18FN3O2/c1-3-16-8(2)6-12(18)17-9-4-5-11(14)10(7-9)13(15)19/h4-5,7-8,16H,3,6H2,1-2H3,(H2,15,19)(H,17,18). The second-order valence-electron chi connectivity index (χ2n) is 4.27. The Kier molecular flexibility index (Phi) is 5.44. The van der Waals surface area contributed by atoms with Gasteiger partial charge in [0.25, 0.3) is 5.91 Å². The summed E-state index contributed by atoms with van der Waals surface area (Å²) in [6.45, 7) is 4.62. The van der Waals surface area contributed by atoms with E-state index in [9.17, 15) is 14.0 Å². The van der Waals surface area contributed by atoms with Crippen molar-refractivity contribution in [2.75, 3.05) is 11.9 Å². The van der Waals surface area contributed by atoms with Crippen molar-refractivity contribution in [1.82, 2.24) is 5.32 Å². The fraction of sp³-hybridized carbons (Fsp3) is 0.385. The van der Waals surface area contributed by atoms with Gasteiger partial charge >= 0.3 is 0 Å². The Morgan fingerprint density at radius 2 is 2.11 bits per heavy atom. The van der Waals surface area contributed by atoms with Crippen LogP contribution in [0, 0.1) is 5.82 Å². The average Bonchev–Trinajstić information content (AvgIpc) is 2.31. The van der Waals surface area contributed by atoms with Gasteiger partial charge in [0, 0.05) is 18.2 Å². The van der Waals surface area contributed by atoms with Crippen LogP contribution in [-0.4, -0.2) is 24.4 Å². The number of nitrogens with two attached hydrogens (primary N) is 1. The maximum Gasteiger partial charge on any atom is 0.251 e. The van der Waals surface area contributed by atoms with Crippen LogP contribution < -0.4 is 16.4 Å². The van der Waals surface area contributed by atoms with Gasteiger partial charge in [-0.25, -0.2) is 4.39 Å². The minimum absolute atomic E-state index is 0.0426. The van der Waals surface area contributed by atoms with E-state index in [2.05, 4.69) is 10.6 Å². The zero-order chi connectivity index (χ0) is 14.4. The molecule has 0 saturated carbocycles. The summed E-state index contributed by atoms with van der Waals surface area (Å²) in [6, 6.07) is 3.76. The van der Waals surface area contributed by atoms with Crippen LogP contribution in [0.5, 0.6) is 0 Å². The van der Waals surface area contributed by atoms with Crippen LogP contribution in [0.15, 0.2) is 18.2 Å². The number of primary amides is 1. The molecule has 0 radical (unpaired) electrons. The summed E-state index contributed by atoms with van der Waals surface area (Å²) >= 11 is 0. The molecule has 0 bridgehead atoms. The second kappa shape index (κ2) is 6.84. The summed E-state index contributed by atoms with van der Waals surface area (Å²) in [5.41, 5.74) is 5.15. The molecule has 1 rings (SSSR count). The molecule has 1 aromatic carbocycles. The quantitative estimate of drug-likeness (QED) is 0.725. The topological polar surface area (TPSA) is 84.2 Å². The summed E-state index contributed by atoms with van der Waals surface area (Å²) in [5.74, 6) is -1.78. The number of hydrogen-bond donors (Lipinski definition) is 3. The van der Waals surface area contributed by atoms with E-state index < -0.39 is 11.7 Å². The molecule has 0 fully saturated rings. The molecular formula is C13H18FN3O2. The molecule has 0 saturated heterocycles. The molecule has 0 aliphatic rings. The van der Waals surface area contributed by atoms with E-state index in [1.54, 1.807) is 0 Å². The molecular weight excluding hydrogens is 249 g/mol. The third-order valence-electron chi connectivity index (χ3n) is 2.56. The number of anilines is 1. The number of halogens is 1. The van der Waals surface area contributed by atoms with E-state index in [1.807, 2.05) is 13.8 Å². The van der Waals surface area contributed by atoms with Gasteiger partial charge in [-0.3, -0.25) is 9.59 Å². The van der Waals surface area contributed by atoms with Crippen LogP contribution in [0.25, 0.3) is 0 Å². The zero-order valence-electron chi connectivity index (χ0n) is 11.0. The van der Waals surface area contributed by atoms with Crippen molar-refractivity contribution in [2.24, 2.45) is 5.73 Å². The lowest BCUT2D eigenvalue weighted by Crippen LogP contribution is -2.30. The van der Waals surface area contributed by atoms with Crippen LogP contribution in [-0.2, 0) is 4.79 Å². The minimum atomic E-state index is -0.866. The van der Waals surface area contributed by atoms with Crippen molar-refractivity contribution in [1.29, 1.82) is 0 Å². The largest absolute Gasteiger partial charge is 0.366 e. The Morgan fingerprint density at radius 3 is 2.68 bits per heavy atom. The SMILES string of the molecule is CCNC(C)CC(=O)Nc1ccc(F)c(C(N)=O)c1. The Morgan fingerprint density at radius 1 is 1.42 bits per heavy atom. The molecule has 0 aromatic heterocycles. The Hall–Kier alpha value is -1.95. The van der Waals surface area contributed by atoms with Crippen molar-refractivity contribution in [3.05, 3.63) is 29.6 Å². The smallest absolute Gasteiger partial charge is 0.251 e. The number of amides is 2. The van der Waals surface area contributed by atoms with E-state index in [0.717, 1.165) is 12.6 Å². The van der Waals surface area contributed by atoms with Crippen molar-refractivity contribution in [3.63, 3.8) is 0 Å². The third-order valence-corrected chi connectivity index (χ3v) is 2.56. The first-order chi connectivity index (χ1) is 8.93. The summed E-state index contributed by atoms with van der Waals surface area (Å²) in [4.78, 5) is 22.7. The van der Waals surface area contributed by atoms with Crippen LogP contribution in [0.4, 0.5) is 10.1 Å². The highest BCUT2D eigenvalue weighted by Gasteiger charge is 2.12. The van der Waals surface area contributed by atoms with Crippen LogP contribution in [0.1, 0.15) is 30.6 Å². The van der Waals surface area contributed by atoms with Gasteiger partial charge in [-0.15, -0.1) is 0 Å². The van der Waals surface area contributed by atoms with Gasteiger partial charge in [-0.1, -0.05) is 6.92 Å². The van der Waals surface area contributed by atoms with Crippen molar-refractivity contribution in [2.45, 2.75) is 26.3 Å². The highest BCUT2D eigenvalue weighted by molar-refractivity contribution is 5.96. The van der Waals surface area contributed by atoms with E-state index >= 15 is 0 Å². The maximum absolute atomic E-state index is 13.2. The first kappa shape index (κ1) is 15.1. The molecule has 1 unspecified atom stereocenters. The number of benzene rings is 1. The molecule has 0 aliphatic carbocycles. The van der Waals surface area contributed by atoms with Gasteiger partial charge in [0.15, 0.2) is 0 Å². The normalized spacial score (nSPS) is 11.9. The van der Waals surface area contributed by atoms with Crippen molar-refractivity contribution >= 4 is 17.5 Å². The predicted octanol–water partition coefficient (Wildman–Crippen LogP) is 1.25. The Bertz CT molecular complexity index is 477. The monoisotopic (exact) mass is 267 g/mol. The summed E-state index contributed by atoms with van der Waals surface area (Å²) in [6.07, 6.45) is 0.289. The predicted molar refractivity (Wildman–Crippen MR) is 71.3 cm³/mol. The molecule has 4 N–H and O–H groups in total. The maximum atomic E-state index is 13.2. The first-order valence-corrected chi connectivity index (χ1v) is 6.06. The van der Waals surface area contributed by atoms with E-state index in [1.165, 1.54) is 12.1 Å². The second-order valence-corrected chi connectivity index (χ2v) is 4.27. The molecule has 5 nitrogen and oxygen atoms in total. The molecule has 1 aromatic rings. The first-order valence-electron chi connectivity index (χ1n) is 6.06. The highest BCUT2D eigenvalue weighted by Crippen LogP contribution is 2.14. The zero-order valence-corrected chi connectivity index (χ0v) is 11.0. The number of nitrogens with one attached hydrogen (secondary N) is 2. The molecule has 104 valence electrons. The van der Waals surface area contributed by atoms with Gasteiger partial charge < -0.3 is 16.4 Å². The van der Waals surface area contributed by atoms with E-state index in [0.29, 0.717) is 5.69 Å². The van der Waals surface area contributed by atoms with Crippen LogP contribution >= 0.6 is 0 Å². The van der Waals surface area contributed by atoms with Gasteiger partial charge in [0.2, 0.25) is 5.91 Å². The molecule has 0 aliphatic heterocycles. The third kappa shape index (κ3) is 4.67. The van der Waals surface area contributed by atoms with Crippen LogP contribution in [0.3, 0.4) is 0 Å². The fourth-order valence-electron chi connectivity index (χ4n) is 1.70. The number of carbonyl (C=O) groups is 2. The molecule has 6 heteroatoms. The molecule has 0 spiro atoms. The number of rotatable bonds is 6. The molecule has 2 amide bonds. The number of carbonyl (C=O) groups excluding carboxylic acids is 2.